The van der Waals surface area contributed by atoms with E-state index in [9.17, 15) is 66.3 Å². The zero-order chi connectivity index (χ0) is 19.3. The van der Waals surface area contributed by atoms with Gasteiger partial charge >= 0.3 is 42.2 Å². The number of hydrogen-bond donors (Lipinski definition) is 0. The molecular formula is C7F14O2. The molecule has 23 heavy (non-hydrogen) atoms. The van der Waals surface area contributed by atoms with Gasteiger partial charge in [-0.2, -0.15) is 57.1 Å². The summed E-state index contributed by atoms with van der Waals surface area (Å²) in [6.07, 6.45) is -30.3. The highest BCUT2D eigenvalue weighted by molar-refractivity contribution is 5.77. The van der Waals surface area contributed by atoms with Crippen LogP contribution in [0.3, 0.4) is 0 Å². The summed E-state index contributed by atoms with van der Waals surface area (Å²) in [7, 11) is 0. The largest absolute Gasteiger partial charge is 0.440 e. The third kappa shape index (κ3) is 3.30. The number of ether oxygens (including phenoxy) is 1. The lowest BCUT2D eigenvalue weighted by Gasteiger charge is -2.37. The Morgan fingerprint density at radius 2 is 0.913 bits per heavy atom. The predicted molar refractivity (Wildman–Crippen MR) is 38.0 cm³/mol. The third-order valence-corrected chi connectivity index (χ3v) is 2.05. The van der Waals surface area contributed by atoms with E-state index in [1.165, 1.54) is 4.74 Å². The highest BCUT2D eigenvalue weighted by atomic mass is 19.4. The summed E-state index contributed by atoms with van der Waals surface area (Å²) in [5, 5.41) is 0. The van der Waals surface area contributed by atoms with Gasteiger partial charge in [-0.15, -0.1) is 0 Å². The Morgan fingerprint density at radius 1 is 0.609 bits per heavy atom. The number of rotatable bonds is 5. The molecule has 0 unspecified atom stereocenters. The molecule has 16 heteroatoms. The molecule has 0 saturated carbocycles. The first-order valence-corrected chi connectivity index (χ1v) is 4.51. The van der Waals surface area contributed by atoms with Gasteiger partial charge in [-0.3, -0.25) is 4.79 Å². The second-order valence-corrected chi connectivity index (χ2v) is 3.64. The van der Waals surface area contributed by atoms with Gasteiger partial charge in [0.2, 0.25) is 0 Å². The van der Waals surface area contributed by atoms with Gasteiger partial charge in [-0.1, -0.05) is 0 Å². The van der Waals surface area contributed by atoms with Crippen molar-refractivity contribution in [3.05, 3.63) is 0 Å². The van der Waals surface area contributed by atoms with Crippen molar-refractivity contribution in [3.63, 3.8) is 0 Å². The van der Waals surface area contributed by atoms with Crippen molar-refractivity contribution in [1.29, 1.82) is 0 Å². The number of hydrogen-bond acceptors (Lipinski definition) is 2. The minimum Gasteiger partial charge on any atom is -0.254 e. The summed E-state index contributed by atoms with van der Waals surface area (Å²) in [6, 6.07) is -4.44. The summed E-state index contributed by atoms with van der Waals surface area (Å²) >= 11 is 0. The zero-order valence-corrected chi connectivity index (χ0v) is 9.61. The van der Waals surface area contributed by atoms with Crippen molar-refractivity contribution >= 4 is 6.04 Å². The average molecular weight is 382 g/mol. The second kappa shape index (κ2) is 5.34. The summed E-state index contributed by atoms with van der Waals surface area (Å²) in [5.41, 5.74) is -7.87. The van der Waals surface area contributed by atoms with Crippen LogP contribution in [-0.4, -0.2) is 42.2 Å². The molecule has 138 valence electrons. The molecule has 0 bridgehead atoms. The van der Waals surface area contributed by atoms with Gasteiger partial charge in [-0.25, -0.2) is 9.13 Å². The molecule has 0 aromatic rings. The Bertz CT molecular complexity index is 445. The van der Waals surface area contributed by atoms with Crippen molar-refractivity contribution in [3.8, 4) is 0 Å². The number of alkyl halides is 13. The minimum atomic E-state index is -7.87. The molecular weight excluding hydrogens is 382 g/mol. The molecule has 0 heterocycles. The second-order valence-electron chi connectivity index (χ2n) is 3.64. The summed E-state index contributed by atoms with van der Waals surface area (Å²) in [4.78, 5) is 9.48. The fraction of sp³-hybridized carbons (Fsp3) is 0.857. The van der Waals surface area contributed by atoms with Crippen LogP contribution in [0.15, 0.2) is 0 Å². The van der Waals surface area contributed by atoms with E-state index in [-0.39, 0.29) is 0 Å². The maximum Gasteiger partial charge on any atom is 0.440 e. The fourth-order valence-electron chi connectivity index (χ4n) is 0.901. The van der Waals surface area contributed by atoms with E-state index in [2.05, 4.69) is 0 Å². The maximum absolute atomic E-state index is 12.8. The van der Waals surface area contributed by atoms with E-state index in [1.807, 2.05) is 0 Å². The molecule has 2 nitrogen and oxygen atoms in total. The van der Waals surface area contributed by atoms with Gasteiger partial charge in [0.05, 0.1) is 0 Å². The number of halogens is 14. The third-order valence-electron chi connectivity index (χ3n) is 2.05. The van der Waals surface area contributed by atoms with Crippen LogP contribution in [0, 0.1) is 0 Å². The first-order chi connectivity index (χ1) is 9.65. The highest BCUT2D eigenvalue weighted by Crippen LogP contribution is 2.57. The van der Waals surface area contributed by atoms with Crippen LogP contribution in [0.1, 0.15) is 0 Å². The van der Waals surface area contributed by atoms with E-state index in [0.717, 1.165) is 0 Å². The van der Waals surface area contributed by atoms with Crippen LogP contribution >= 0.6 is 0 Å². The molecule has 0 N–H and O–H groups in total. The molecule has 0 aliphatic heterocycles. The van der Waals surface area contributed by atoms with Crippen molar-refractivity contribution in [1.82, 2.24) is 0 Å². The Hall–Kier alpha value is -1.35. The minimum absolute atomic E-state index is 1.28. The smallest absolute Gasteiger partial charge is 0.254 e. The summed E-state index contributed by atoms with van der Waals surface area (Å²) in [6.45, 7) is 0. The standard InChI is InChI=1S/C7F14O2/c8-1(22)2(9,10)6(18,19)23-7(20,21)3(11,4(12,13)14)5(15,16)17. The first-order valence-electron chi connectivity index (χ1n) is 4.51. The van der Waals surface area contributed by atoms with Crippen LogP contribution in [0.25, 0.3) is 0 Å². The van der Waals surface area contributed by atoms with Crippen molar-refractivity contribution in [2.75, 3.05) is 0 Å². The molecule has 0 aromatic heterocycles. The average Bonchev–Trinajstić information content (AvgIpc) is 2.22. The summed E-state index contributed by atoms with van der Waals surface area (Å²) < 4.78 is 172. The SMILES string of the molecule is O=C(F)C(F)(F)C(F)(F)OC(F)(F)C(F)(C(F)(F)F)C(F)(F)F. The van der Waals surface area contributed by atoms with Crippen molar-refractivity contribution in [2.45, 2.75) is 36.2 Å². The summed E-state index contributed by atoms with van der Waals surface area (Å²) in [5.74, 6) is -6.92. The van der Waals surface area contributed by atoms with Crippen molar-refractivity contribution < 1.29 is 71.0 Å². The lowest BCUT2D eigenvalue weighted by atomic mass is 10.0. The monoisotopic (exact) mass is 382 g/mol. The molecule has 0 amide bonds. The maximum atomic E-state index is 12.8. The Morgan fingerprint density at radius 3 is 1.13 bits per heavy atom. The quantitative estimate of drug-likeness (QED) is 0.528. The zero-order valence-electron chi connectivity index (χ0n) is 9.61. The molecule has 0 aliphatic rings. The van der Waals surface area contributed by atoms with Gasteiger partial charge in [0.25, 0.3) is 0 Å². The molecule has 0 fully saturated rings. The fourth-order valence-corrected chi connectivity index (χ4v) is 0.901. The molecule has 0 rings (SSSR count). The van der Waals surface area contributed by atoms with Gasteiger partial charge in [0.1, 0.15) is 0 Å². The van der Waals surface area contributed by atoms with E-state index in [0.29, 0.717) is 0 Å². The van der Waals surface area contributed by atoms with Crippen molar-refractivity contribution in [2.24, 2.45) is 0 Å². The van der Waals surface area contributed by atoms with Gasteiger partial charge in [0.15, 0.2) is 0 Å². The topological polar surface area (TPSA) is 26.3 Å². The number of carbonyl (C=O) groups excluding carboxylic acids is 1. The molecule has 0 spiro atoms. The molecule has 0 radical (unpaired) electrons. The van der Waals surface area contributed by atoms with E-state index >= 15 is 0 Å². The van der Waals surface area contributed by atoms with E-state index < -0.39 is 42.2 Å². The lowest BCUT2D eigenvalue weighted by Crippen LogP contribution is -2.67. The normalized spacial score (nSPS) is 15.7. The Kier molecular flexibility index (Phi) is 5.02. The van der Waals surface area contributed by atoms with Crippen LogP contribution in [0.2, 0.25) is 0 Å². The predicted octanol–water partition coefficient (Wildman–Crippen LogP) is 4.15. The van der Waals surface area contributed by atoms with Gasteiger partial charge in [0, 0.05) is 0 Å². The van der Waals surface area contributed by atoms with E-state index in [1.54, 1.807) is 0 Å². The van der Waals surface area contributed by atoms with Crippen LogP contribution in [0.5, 0.6) is 0 Å². The first kappa shape index (κ1) is 21.6. The highest BCUT2D eigenvalue weighted by Gasteiger charge is 2.88. The van der Waals surface area contributed by atoms with Crippen LogP contribution in [0.4, 0.5) is 61.5 Å². The van der Waals surface area contributed by atoms with E-state index in [4.69, 9.17) is 0 Å². The lowest BCUT2D eigenvalue weighted by molar-refractivity contribution is -0.501. The van der Waals surface area contributed by atoms with Gasteiger partial charge in [-0.05, 0) is 0 Å². The molecule has 0 aliphatic carbocycles. The molecule has 0 saturated heterocycles. The molecule has 0 atom stereocenters. The number of carbonyl (C=O) groups is 1. The Labute approximate surface area is 115 Å². The van der Waals surface area contributed by atoms with Crippen LogP contribution in [-0.2, 0) is 9.53 Å². The van der Waals surface area contributed by atoms with Crippen LogP contribution < -0.4 is 0 Å². The molecule has 0 aromatic carbocycles. The van der Waals surface area contributed by atoms with Gasteiger partial charge < -0.3 is 0 Å². The Balaban J connectivity index is 6.11.